The lowest BCUT2D eigenvalue weighted by atomic mass is 10.2. The number of benzene rings is 1. The molecule has 1 saturated heterocycles. The number of carbonyl (C=O) groups excluding carboxylic acids is 2. The van der Waals surface area contributed by atoms with Gasteiger partial charge in [0.25, 0.3) is 5.24 Å². The molecule has 2 amide bonds. The van der Waals surface area contributed by atoms with Gasteiger partial charge in [0.15, 0.2) is 6.61 Å². The second-order valence-corrected chi connectivity index (χ2v) is 4.98. The Morgan fingerprint density at radius 1 is 1.40 bits per heavy atom. The first-order chi connectivity index (χ1) is 9.54. The Hall–Kier alpha value is -2.22. The molecule has 1 aromatic rings. The number of ether oxygens (including phenoxy) is 1. The van der Waals surface area contributed by atoms with Crippen LogP contribution < -0.4 is 15.4 Å². The van der Waals surface area contributed by atoms with Crippen molar-refractivity contribution in [2.24, 2.45) is 0 Å². The Labute approximate surface area is 118 Å². The predicted octanol–water partition coefficient (Wildman–Crippen LogP) is 0.913. The van der Waals surface area contributed by atoms with Crippen LogP contribution in [0, 0.1) is 0 Å². The van der Waals surface area contributed by atoms with Crippen molar-refractivity contribution in [2.75, 3.05) is 17.7 Å². The minimum Gasteiger partial charge on any atom is -0.482 e. The topological polar surface area (TPSA) is 105 Å². The van der Waals surface area contributed by atoms with Crippen LogP contribution in [0.2, 0.25) is 0 Å². The predicted molar refractivity (Wildman–Crippen MR) is 73.0 cm³/mol. The molecule has 1 heterocycles. The average Bonchev–Trinajstić information content (AvgIpc) is 2.85. The molecule has 1 aliphatic heterocycles. The van der Waals surface area contributed by atoms with Crippen LogP contribution >= 0.6 is 11.8 Å². The van der Waals surface area contributed by atoms with Crippen LogP contribution in [0.15, 0.2) is 24.3 Å². The van der Waals surface area contributed by atoms with Crippen LogP contribution in [0.5, 0.6) is 5.75 Å². The molecule has 7 nitrogen and oxygen atoms in total. The molecule has 0 aromatic heterocycles. The van der Waals surface area contributed by atoms with E-state index in [1.807, 2.05) is 0 Å². The molecule has 0 bridgehead atoms. The summed E-state index contributed by atoms with van der Waals surface area (Å²) in [7, 11) is 0. The summed E-state index contributed by atoms with van der Waals surface area (Å²) < 4.78 is 4.97. The highest BCUT2D eigenvalue weighted by Crippen LogP contribution is 2.18. The van der Waals surface area contributed by atoms with E-state index < -0.39 is 18.6 Å². The highest BCUT2D eigenvalue weighted by Gasteiger charge is 2.27. The first-order valence-corrected chi connectivity index (χ1v) is 6.72. The van der Waals surface area contributed by atoms with Crippen LogP contribution in [0.1, 0.15) is 0 Å². The third kappa shape index (κ3) is 3.89. The number of rotatable bonds is 5. The van der Waals surface area contributed by atoms with Gasteiger partial charge in [0.1, 0.15) is 11.8 Å². The summed E-state index contributed by atoms with van der Waals surface area (Å²) in [4.78, 5) is 33.1. The maximum atomic E-state index is 11.8. The molecule has 2 rings (SSSR count). The number of carboxylic acid groups (broad SMARTS) is 1. The summed E-state index contributed by atoms with van der Waals surface area (Å²) >= 11 is 1.07. The summed E-state index contributed by atoms with van der Waals surface area (Å²) in [5.74, 6) is -0.542. The van der Waals surface area contributed by atoms with Crippen molar-refractivity contribution in [1.82, 2.24) is 5.32 Å². The van der Waals surface area contributed by atoms with Crippen LogP contribution in [0.3, 0.4) is 0 Å². The fourth-order valence-corrected chi connectivity index (χ4v) is 2.31. The quantitative estimate of drug-likeness (QED) is 0.746. The highest BCUT2D eigenvalue weighted by molar-refractivity contribution is 8.14. The lowest BCUT2D eigenvalue weighted by molar-refractivity contribution is -0.139. The number of anilines is 1. The fraction of sp³-hybridized carbons (Fsp3) is 0.250. The largest absolute Gasteiger partial charge is 0.482 e. The van der Waals surface area contributed by atoms with E-state index in [4.69, 9.17) is 9.84 Å². The van der Waals surface area contributed by atoms with Gasteiger partial charge in [0.2, 0.25) is 5.91 Å². The molecular weight excluding hydrogens is 284 g/mol. The average molecular weight is 296 g/mol. The lowest BCUT2D eigenvalue weighted by Gasteiger charge is -2.10. The van der Waals surface area contributed by atoms with Gasteiger partial charge >= 0.3 is 5.97 Å². The van der Waals surface area contributed by atoms with Gasteiger partial charge < -0.3 is 20.5 Å². The number of hydrogen-bond donors (Lipinski definition) is 3. The van der Waals surface area contributed by atoms with Gasteiger partial charge in [-0.3, -0.25) is 9.59 Å². The number of thioether (sulfide) groups is 1. The number of hydrogen-bond acceptors (Lipinski definition) is 5. The van der Waals surface area contributed by atoms with Crippen molar-refractivity contribution >= 4 is 34.6 Å². The molecule has 106 valence electrons. The van der Waals surface area contributed by atoms with E-state index in [9.17, 15) is 14.4 Å². The summed E-state index contributed by atoms with van der Waals surface area (Å²) in [6.07, 6.45) is 0. The Balaban J connectivity index is 1.88. The monoisotopic (exact) mass is 296 g/mol. The number of carboxylic acids is 1. The molecule has 1 aromatic carbocycles. The van der Waals surface area contributed by atoms with Crippen molar-refractivity contribution in [3.8, 4) is 5.75 Å². The minimum absolute atomic E-state index is 0.206. The van der Waals surface area contributed by atoms with Crippen LogP contribution in [-0.2, 0) is 9.59 Å². The van der Waals surface area contributed by atoms with E-state index in [0.29, 0.717) is 17.2 Å². The van der Waals surface area contributed by atoms with E-state index in [1.54, 1.807) is 24.3 Å². The minimum atomic E-state index is -1.06. The molecular formula is C12H12N2O5S. The highest BCUT2D eigenvalue weighted by atomic mass is 32.2. The molecule has 0 radical (unpaired) electrons. The molecule has 0 aliphatic carbocycles. The van der Waals surface area contributed by atoms with Gasteiger partial charge in [-0.15, -0.1) is 0 Å². The zero-order chi connectivity index (χ0) is 14.5. The molecule has 1 aliphatic rings. The Kier molecular flexibility index (Phi) is 4.46. The molecule has 1 atom stereocenters. The number of aliphatic carboxylic acids is 1. The summed E-state index contributed by atoms with van der Waals surface area (Å²) in [5.41, 5.74) is 0.545. The Morgan fingerprint density at radius 2 is 2.10 bits per heavy atom. The third-order valence-corrected chi connectivity index (χ3v) is 3.35. The molecule has 0 spiro atoms. The normalized spacial score (nSPS) is 17.4. The molecule has 1 unspecified atom stereocenters. The third-order valence-electron chi connectivity index (χ3n) is 2.47. The van der Waals surface area contributed by atoms with E-state index in [2.05, 4.69) is 10.6 Å². The molecule has 0 saturated carbocycles. The second-order valence-electron chi connectivity index (χ2n) is 3.99. The van der Waals surface area contributed by atoms with Gasteiger partial charge in [0, 0.05) is 11.4 Å². The van der Waals surface area contributed by atoms with Gasteiger partial charge in [-0.2, -0.15) is 0 Å². The maximum Gasteiger partial charge on any atom is 0.341 e. The zero-order valence-electron chi connectivity index (χ0n) is 10.3. The van der Waals surface area contributed by atoms with Gasteiger partial charge in [-0.25, -0.2) is 4.79 Å². The van der Waals surface area contributed by atoms with E-state index in [0.717, 1.165) is 11.8 Å². The van der Waals surface area contributed by atoms with Crippen molar-refractivity contribution in [2.45, 2.75) is 6.04 Å². The Morgan fingerprint density at radius 3 is 2.65 bits per heavy atom. The maximum absolute atomic E-state index is 11.8. The van der Waals surface area contributed by atoms with Gasteiger partial charge in [-0.05, 0) is 24.3 Å². The molecule has 1 fully saturated rings. The standard InChI is InChI=1S/C12H12N2O5S/c15-10(16)5-19-8-3-1-7(2-4-8)13-11(17)9-6-20-12(18)14-9/h1-4,9H,5-6H2,(H,13,17)(H,14,18)(H,15,16). The summed E-state index contributed by atoms with van der Waals surface area (Å²) in [5, 5.41) is 13.5. The van der Waals surface area contributed by atoms with Crippen molar-refractivity contribution in [3.63, 3.8) is 0 Å². The van der Waals surface area contributed by atoms with Crippen molar-refractivity contribution in [1.29, 1.82) is 0 Å². The number of nitrogens with one attached hydrogen (secondary N) is 2. The molecule has 8 heteroatoms. The zero-order valence-corrected chi connectivity index (χ0v) is 11.1. The number of carbonyl (C=O) groups is 3. The van der Waals surface area contributed by atoms with Crippen LogP contribution in [0.25, 0.3) is 0 Å². The Bertz CT molecular complexity index is 531. The second kappa shape index (κ2) is 6.29. The van der Waals surface area contributed by atoms with E-state index in [1.165, 1.54) is 0 Å². The summed E-state index contributed by atoms with van der Waals surface area (Å²) in [6, 6.07) is 5.77. The lowest BCUT2D eigenvalue weighted by Crippen LogP contribution is -2.38. The van der Waals surface area contributed by atoms with E-state index >= 15 is 0 Å². The smallest absolute Gasteiger partial charge is 0.341 e. The van der Waals surface area contributed by atoms with Crippen molar-refractivity contribution in [3.05, 3.63) is 24.3 Å². The summed E-state index contributed by atoms with van der Waals surface area (Å²) in [6.45, 7) is -0.420. The molecule has 3 N–H and O–H groups in total. The van der Waals surface area contributed by atoms with E-state index in [-0.39, 0.29) is 11.1 Å². The van der Waals surface area contributed by atoms with Crippen LogP contribution in [-0.4, -0.2) is 40.6 Å². The van der Waals surface area contributed by atoms with Crippen molar-refractivity contribution < 1.29 is 24.2 Å². The first-order valence-electron chi connectivity index (χ1n) is 5.73. The van der Waals surface area contributed by atoms with Crippen LogP contribution in [0.4, 0.5) is 10.5 Å². The molecule has 20 heavy (non-hydrogen) atoms. The van der Waals surface area contributed by atoms with Gasteiger partial charge in [0.05, 0.1) is 0 Å². The van der Waals surface area contributed by atoms with Gasteiger partial charge in [-0.1, -0.05) is 11.8 Å². The number of amides is 2. The first kappa shape index (κ1) is 14.2. The fourth-order valence-electron chi connectivity index (χ4n) is 1.53. The SMILES string of the molecule is O=C(O)COc1ccc(NC(=O)C2CSC(=O)N2)cc1.